The van der Waals surface area contributed by atoms with Crippen molar-refractivity contribution in [3.63, 3.8) is 0 Å². The molecule has 22 heavy (non-hydrogen) atoms. The van der Waals surface area contributed by atoms with Crippen molar-refractivity contribution in [2.75, 3.05) is 18.8 Å². The van der Waals surface area contributed by atoms with E-state index in [1.54, 1.807) is 20.8 Å². The smallest absolute Gasteiger partial charge is 0.407 e. The molecule has 122 valence electrons. The Balaban J connectivity index is 2.27. The minimum Gasteiger partial charge on any atom is -0.444 e. The van der Waals surface area contributed by atoms with Crippen LogP contribution in [0.4, 0.5) is 14.9 Å². The van der Waals surface area contributed by atoms with Gasteiger partial charge in [-0.1, -0.05) is 0 Å². The molecule has 0 spiro atoms. The van der Waals surface area contributed by atoms with Crippen molar-refractivity contribution in [2.24, 2.45) is 0 Å². The van der Waals surface area contributed by atoms with Gasteiger partial charge in [0, 0.05) is 18.8 Å². The average molecular weight is 311 g/mol. The molecule has 0 aliphatic heterocycles. The molecule has 0 aromatic heterocycles. The molecule has 0 fully saturated rings. The van der Waals surface area contributed by atoms with E-state index < -0.39 is 23.4 Å². The van der Waals surface area contributed by atoms with Crippen LogP contribution in [0.15, 0.2) is 18.2 Å². The summed E-state index contributed by atoms with van der Waals surface area (Å²) in [6.07, 6.45) is -0.00917. The number of carbonyl (C=O) groups excluding carboxylic acids is 2. The largest absolute Gasteiger partial charge is 0.444 e. The van der Waals surface area contributed by atoms with E-state index in [-0.39, 0.29) is 11.3 Å². The average Bonchev–Trinajstić information content (AvgIpc) is 2.35. The number of nitrogen functional groups attached to an aromatic ring is 1. The molecule has 0 unspecified atom stereocenters. The van der Waals surface area contributed by atoms with Gasteiger partial charge in [0.15, 0.2) is 0 Å². The van der Waals surface area contributed by atoms with Crippen molar-refractivity contribution >= 4 is 17.7 Å². The zero-order valence-electron chi connectivity index (χ0n) is 13.0. The Hall–Kier alpha value is -2.31. The topological polar surface area (TPSA) is 93.5 Å². The first kappa shape index (κ1) is 17.7. The predicted octanol–water partition coefficient (Wildman–Crippen LogP) is 2.05. The number of ether oxygens (including phenoxy) is 1. The highest BCUT2D eigenvalue weighted by Crippen LogP contribution is 2.11. The summed E-state index contributed by atoms with van der Waals surface area (Å²) in [5, 5.41) is 5.14. The maximum Gasteiger partial charge on any atom is 0.407 e. The first-order chi connectivity index (χ1) is 10.2. The van der Waals surface area contributed by atoms with Crippen LogP contribution in [0, 0.1) is 5.82 Å². The first-order valence-corrected chi connectivity index (χ1v) is 6.99. The summed E-state index contributed by atoms with van der Waals surface area (Å²) in [4.78, 5) is 23.1. The second-order valence-electron chi connectivity index (χ2n) is 5.78. The number of rotatable bonds is 5. The van der Waals surface area contributed by atoms with Gasteiger partial charge in [0.25, 0.3) is 5.91 Å². The molecule has 0 atom stereocenters. The van der Waals surface area contributed by atoms with Crippen LogP contribution in [0.2, 0.25) is 0 Å². The molecule has 0 saturated carbocycles. The van der Waals surface area contributed by atoms with Crippen LogP contribution in [-0.2, 0) is 4.74 Å². The van der Waals surface area contributed by atoms with E-state index in [1.807, 2.05) is 0 Å². The Morgan fingerprint density at radius 3 is 2.45 bits per heavy atom. The third kappa shape index (κ3) is 6.43. The maximum atomic E-state index is 13.5. The molecule has 0 aliphatic carbocycles. The van der Waals surface area contributed by atoms with E-state index >= 15 is 0 Å². The van der Waals surface area contributed by atoms with Gasteiger partial charge >= 0.3 is 6.09 Å². The Morgan fingerprint density at radius 2 is 1.86 bits per heavy atom. The molecule has 1 rings (SSSR count). The Labute approximate surface area is 129 Å². The van der Waals surface area contributed by atoms with Crippen molar-refractivity contribution in [1.29, 1.82) is 0 Å². The third-order valence-corrected chi connectivity index (χ3v) is 2.55. The van der Waals surface area contributed by atoms with E-state index in [0.29, 0.717) is 19.5 Å². The minimum atomic E-state index is -0.663. The first-order valence-electron chi connectivity index (χ1n) is 6.99. The molecule has 1 aromatic rings. The van der Waals surface area contributed by atoms with Crippen LogP contribution >= 0.6 is 0 Å². The number of hydrogen-bond donors (Lipinski definition) is 3. The summed E-state index contributed by atoms with van der Waals surface area (Å²) in [6.45, 7) is 5.97. The Bertz CT molecular complexity index is 541. The zero-order chi connectivity index (χ0) is 16.8. The summed E-state index contributed by atoms with van der Waals surface area (Å²) < 4.78 is 18.6. The third-order valence-electron chi connectivity index (χ3n) is 2.55. The lowest BCUT2D eigenvalue weighted by Crippen LogP contribution is -2.34. The molecule has 6 nitrogen and oxygen atoms in total. The summed E-state index contributed by atoms with van der Waals surface area (Å²) in [6, 6.07) is 3.89. The van der Waals surface area contributed by atoms with Crippen LogP contribution in [0.1, 0.15) is 37.6 Å². The van der Waals surface area contributed by atoms with Crippen LogP contribution in [0.25, 0.3) is 0 Å². The van der Waals surface area contributed by atoms with Gasteiger partial charge in [-0.3, -0.25) is 4.79 Å². The second kappa shape index (κ2) is 7.63. The molecule has 0 aliphatic rings. The fourth-order valence-corrected chi connectivity index (χ4v) is 1.61. The SMILES string of the molecule is CC(C)(C)OC(=O)NCCCNC(=O)c1ccc(N)cc1F. The maximum absolute atomic E-state index is 13.5. The summed E-state index contributed by atoms with van der Waals surface area (Å²) in [7, 11) is 0. The quantitative estimate of drug-likeness (QED) is 0.573. The molecule has 0 bridgehead atoms. The number of amides is 2. The van der Waals surface area contributed by atoms with E-state index in [1.165, 1.54) is 12.1 Å². The van der Waals surface area contributed by atoms with Crippen LogP contribution in [0.5, 0.6) is 0 Å². The molecule has 4 N–H and O–H groups in total. The highest BCUT2D eigenvalue weighted by atomic mass is 19.1. The highest BCUT2D eigenvalue weighted by molar-refractivity contribution is 5.94. The normalized spacial score (nSPS) is 10.9. The predicted molar refractivity (Wildman–Crippen MR) is 82.0 cm³/mol. The number of nitrogens with two attached hydrogens (primary N) is 1. The van der Waals surface area contributed by atoms with Gasteiger partial charge in [-0.25, -0.2) is 9.18 Å². The number of nitrogens with one attached hydrogen (secondary N) is 2. The van der Waals surface area contributed by atoms with E-state index in [9.17, 15) is 14.0 Å². The molecule has 7 heteroatoms. The molecule has 1 aromatic carbocycles. The lowest BCUT2D eigenvalue weighted by molar-refractivity contribution is 0.0527. The van der Waals surface area contributed by atoms with Crippen molar-refractivity contribution in [1.82, 2.24) is 10.6 Å². The molecular weight excluding hydrogens is 289 g/mol. The van der Waals surface area contributed by atoms with E-state index in [4.69, 9.17) is 10.5 Å². The molecule has 0 saturated heterocycles. The number of hydrogen-bond acceptors (Lipinski definition) is 4. The highest BCUT2D eigenvalue weighted by Gasteiger charge is 2.15. The van der Waals surface area contributed by atoms with Gasteiger partial charge < -0.3 is 21.1 Å². The van der Waals surface area contributed by atoms with Gasteiger partial charge in [-0.15, -0.1) is 0 Å². The van der Waals surface area contributed by atoms with Gasteiger partial charge in [-0.05, 0) is 45.4 Å². The summed E-state index contributed by atoms with van der Waals surface area (Å²) >= 11 is 0. The van der Waals surface area contributed by atoms with Crippen molar-refractivity contribution in [3.05, 3.63) is 29.6 Å². The minimum absolute atomic E-state index is 0.0608. The lowest BCUT2D eigenvalue weighted by Gasteiger charge is -2.19. The number of benzene rings is 1. The van der Waals surface area contributed by atoms with Gasteiger partial charge in [-0.2, -0.15) is 0 Å². The fourth-order valence-electron chi connectivity index (χ4n) is 1.61. The Kier molecular flexibility index (Phi) is 6.15. The van der Waals surface area contributed by atoms with Gasteiger partial charge in [0.1, 0.15) is 11.4 Å². The number of anilines is 1. The second-order valence-corrected chi connectivity index (χ2v) is 5.78. The number of halogens is 1. The van der Waals surface area contributed by atoms with Gasteiger partial charge in [0.05, 0.1) is 5.56 Å². The lowest BCUT2D eigenvalue weighted by atomic mass is 10.2. The van der Waals surface area contributed by atoms with Gasteiger partial charge in [0.2, 0.25) is 0 Å². The summed E-state index contributed by atoms with van der Waals surface area (Å²) in [5.41, 5.74) is 5.06. The fraction of sp³-hybridized carbons (Fsp3) is 0.467. The molecule has 2 amide bonds. The van der Waals surface area contributed by atoms with Crippen molar-refractivity contribution in [2.45, 2.75) is 32.8 Å². The van der Waals surface area contributed by atoms with Crippen LogP contribution in [-0.4, -0.2) is 30.7 Å². The number of carbonyl (C=O) groups is 2. The molecule has 0 heterocycles. The number of alkyl carbamates (subject to hydrolysis) is 1. The van der Waals surface area contributed by atoms with E-state index in [0.717, 1.165) is 6.07 Å². The zero-order valence-corrected chi connectivity index (χ0v) is 13.0. The van der Waals surface area contributed by atoms with Crippen LogP contribution < -0.4 is 16.4 Å². The standard InChI is InChI=1S/C15H22FN3O3/c1-15(2,3)22-14(21)19-8-4-7-18-13(20)11-6-5-10(17)9-12(11)16/h5-6,9H,4,7-8,17H2,1-3H3,(H,18,20)(H,19,21). The monoisotopic (exact) mass is 311 g/mol. The summed E-state index contributed by atoms with van der Waals surface area (Å²) in [5.74, 6) is -1.18. The van der Waals surface area contributed by atoms with E-state index in [2.05, 4.69) is 10.6 Å². The van der Waals surface area contributed by atoms with Crippen molar-refractivity contribution < 1.29 is 18.7 Å². The van der Waals surface area contributed by atoms with Crippen LogP contribution in [0.3, 0.4) is 0 Å². The molecular formula is C15H22FN3O3. The van der Waals surface area contributed by atoms with Crippen molar-refractivity contribution in [3.8, 4) is 0 Å². The molecule has 0 radical (unpaired) electrons. The Morgan fingerprint density at radius 1 is 1.23 bits per heavy atom.